The predicted molar refractivity (Wildman–Crippen MR) is 166 cm³/mol. The van der Waals surface area contributed by atoms with E-state index in [0.29, 0.717) is 17.7 Å². The van der Waals surface area contributed by atoms with Crippen molar-refractivity contribution in [3.05, 3.63) is 101 Å². The average molecular weight is 596 g/mol. The van der Waals surface area contributed by atoms with Crippen molar-refractivity contribution in [2.75, 3.05) is 17.1 Å². The van der Waals surface area contributed by atoms with Crippen LogP contribution in [-0.2, 0) is 32.6 Å². The fourth-order valence-electron chi connectivity index (χ4n) is 4.67. The largest absolute Gasteiger partial charge is 0.352 e. The summed E-state index contributed by atoms with van der Waals surface area (Å²) >= 11 is 0. The number of carbonyl (C=O) groups is 2. The summed E-state index contributed by atoms with van der Waals surface area (Å²) in [6.45, 7) is 7.99. The van der Waals surface area contributed by atoms with Crippen LogP contribution in [0.1, 0.15) is 55.4 Å². The molecule has 0 aliphatic carbocycles. The van der Waals surface area contributed by atoms with Crippen LogP contribution in [0.4, 0.5) is 10.1 Å². The van der Waals surface area contributed by atoms with Crippen molar-refractivity contribution in [2.24, 2.45) is 0 Å². The number of hydrogen-bond donors (Lipinski definition) is 1. The second kappa shape index (κ2) is 15.0. The summed E-state index contributed by atoms with van der Waals surface area (Å²) in [6, 6.07) is 19.9. The summed E-state index contributed by atoms with van der Waals surface area (Å²) in [7, 11) is -3.60. The summed E-state index contributed by atoms with van der Waals surface area (Å²) in [5.74, 6) is -0.941. The molecule has 42 heavy (non-hydrogen) atoms. The van der Waals surface area contributed by atoms with E-state index in [4.69, 9.17) is 0 Å². The van der Waals surface area contributed by atoms with Gasteiger partial charge in [-0.15, -0.1) is 0 Å². The van der Waals surface area contributed by atoms with Gasteiger partial charge in [-0.05, 0) is 80.1 Å². The molecule has 0 aliphatic rings. The molecule has 0 saturated carbocycles. The minimum atomic E-state index is -3.60. The van der Waals surface area contributed by atoms with E-state index in [1.54, 1.807) is 23.1 Å². The molecule has 1 N–H and O–H groups in total. The SMILES string of the molecule is CC[C@H](C)NC(=O)[C@H](Cc1ccccc1)N(Cc1ccc(F)cc1)C(=O)CCCN(c1ccc(C)c(C)c1)S(C)(=O)=O. The highest BCUT2D eigenvalue weighted by Gasteiger charge is 2.31. The Kier molecular flexibility index (Phi) is 11.7. The predicted octanol–water partition coefficient (Wildman–Crippen LogP) is 5.54. The van der Waals surface area contributed by atoms with Gasteiger partial charge in [0.15, 0.2) is 0 Å². The number of nitrogens with one attached hydrogen (secondary N) is 1. The third kappa shape index (κ3) is 9.41. The first-order chi connectivity index (χ1) is 19.9. The zero-order valence-corrected chi connectivity index (χ0v) is 26.0. The molecule has 3 aromatic rings. The Morgan fingerprint density at radius 1 is 0.929 bits per heavy atom. The summed E-state index contributed by atoms with van der Waals surface area (Å²) < 4.78 is 40.4. The standard InChI is InChI=1S/C33H42FN3O4S/c1-6-26(4)35-33(39)31(22-27-11-8-7-9-12-27)36(23-28-15-17-29(34)18-16-28)32(38)13-10-20-37(42(5,40)41)30-19-14-24(2)25(3)21-30/h7-9,11-12,14-19,21,26,31H,6,10,13,20,22-23H2,1-5H3,(H,35,39)/t26-,31-/m0/s1. The molecule has 0 fully saturated rings. The highest BCUT2D eigenvalue weighted by Crippen LogP contribution is 2.23. The van der Waals surface area contributed by atoms with Crippen LogP contribution in [0.3, 0.4) is 0 Å². The lowest BCUT2D eigenvalue weighted by Gasteiger charge is -2.32. The first kappa shape index (κ1) is 32.8. The topological polar surface area (TPSA) is 86.8 Å². The Hall–Kier alpha value is -3.72. The molecule has 3 aromatic carbocycles. The quantitative estimate of drug-likeness (QED) is 0.265. The number of hydrogen-bond acceptors (Lipinski definition) is 4. The number of nitrogens with zero attached hydrogens (tertiary/aromatic N) is 2. The third-order valence-corrected chi connectivity index (χ3v) is 8.66. The molecule has 7 nitrogen and oxygen atoms in total. The Bertz CT molecular complexity index is 1450. The van der Waals surface area contributed by atoms with E-state index >= 15 is 0 Å². The molecule has 0 spiro atoms. The molecule has 0 heterocycles. The fourth-order valence-corrected chi connectivity index (χ4v) is 5.62. The van der Waals surface area contributed by atoms with Crippen molar-refractivity contribution in [3.8, 4) is 0 Å². The molecular formula is C33H42FN3O4S. The van der Waals surface area contributed by atoms with Crippen molar-refractivity contribution in [2.45, 2.75) is 72.0 Å². The number of amides is 2. The maximum Gasteiger partial charge on any atom is 0.243 e. The number of rotatable bonds is 14. The minimum Gasteiger partial charge on any atom is -0.352 e. The molecule has 9 heteroatoms. The van der Waals surface area contributed by atoms with Gasteiger partial charge in [0, 0.05) is 32.0 Å². The van der Waals surface area contributed by atoms with Gasteiger partial charge in [0.1, 0.15) is 11.9 Å². The van der Waals surface area contributed by atoms with Gasteiger partial charge in [-0.3, -0.25) is 13.9 Å². The molecule has 3 rings (SSSR count). The number of sulfonamides is 1. The van der Waals surface area contributed by atoms with Crippen LogP contribution in [0.5, 0.6) is 0 Å². The van der Waals surface area contributed by atoms with Gasteiger partial charge in [0.25, 0.3) is 0 Å². The lowest BCUT2D eigenvalue weighted by atomic mass is 10.0. The van der Waals surface area contributed by atoms with Crippen LogP contribution < -0.4 is 9.62 Å². The Balaban J connectivity index is 1.89. The van der Waals surface area contributed by atoms with Crippen molar-refractivity contribution in [3.63, 3.8) is 0 Å². The molecule has 226 valence electrons. The van der Waals surface area contributed by atoms with Gasteiger partial charge in [0.05, 0.1) is 11.9 Å². The van der Waals surface area contributed by atoms with E-state index in [9.17, 15) is 22.4 Å². The number of benzene rings is 3. The molecule has 0 aromatic heterocycles. The van der Waals surface area contributed by atoms with Crippen LogP contribution in [0, 0.1) is 19.7 Å². The van der Waals surface area contributed by atoms with E-state index in [-0.39, 0.29) is 49.6 Å². The summed E-state index contributed by atoms with van der Waals surface area (Å²) in [6.07, 6.45) is 2.47. The smallest absolute Gasteiger partial charge is 0.243 e. The van der Waals surface area contributed by atoms with Gasteiger partial charge in [-0.1, -0.05) is 55.5 Å². The average Bonchev–Trinajstić information content (AvgIpc) is 2.95. The molecule has 0 bridgehead atoms. The molecule has 0 saturated heterocycles. The number of anilines is 1. The molecule has 0 unspecified atom stereocenters. The van der Waals surface area contributed by atoms with Crippen LogP contribution in [0.25, 0.3) is 0 Å². The Morgan fingerprint density at radius 2 is 1.60 bits per heavy atom. The molecule has 0 aliphatic heterocycles. The highest BCUT2D eigenvalue weighted by molar-refractivity contribution is 7.92. The second-order valence-corrected chi connectivity index (χ2v) is 12.8. The van der Waals surface area contributed by atoms with Crippen molar-refractivity contribution < 1.29 is 22.4 Å². The number of carbonyl (C=O) groups excluding carboxylic acids is 2. The first-order valence-electron chi connectivity index (χ1n) is 14.3. The maximum atomic E-state index is 13.9. The highest BCUT2D eigenvalue weighted by atomic mass is 32.2. The fraction of sp³-hybridized carbons (Fsp3) is 0.394. The van der Waals surface area contributed by atoms with Crippen LogP contribution in [0.2, 0.25) is 0 Å². The molecular weight excluding hydrogens is 553 g/mol. The minimum absolute atomic E-state index is 0.0277. The van der Waals surface area contributed by atoms with Gasteiger partial charge < -0.3 is 10.2 Å². The van der Waals surface area contributed by atoms with Crippen LogP contribution in [0.15, 0.2) is 72.8 Å². The van der Waals surface area contributed by atoms with Crippen molar-refractivity contribution in [1.29, 1.82) is 0 Å². The third-order valence-electron chi connectivity index (χ3n) is 7.47. The van der Waals surface area contributed by atoms with E-state index in [1.165, 1.54) is 16.4 Å². The van der Waals surface area contributed by atoms with Gasteiger partial charge >= 0.3 is 0 Å². The lowest BCUT2D eigenvalue weighted by molar-refractivity contribution is -0.141. The monoisotopic (exact) mass is 595 g/mol. The maximum absolute atomic E-state index is 13.9. The van der Waals surface area contributed by atoms with E-state index in [1.807, 2.05) is 70.2 Å². The Morgan fingerprint density at radius 3 is 2.19 bits per heavy atom. The van der Waals surface area contributed by atoms with E-state index < -0.39 is 16.1 Å². The van der Waals surface area contributed by atoms with Gasteiger partial charge in [-0.25, -0.2) is 12.8 Å². The lowest BCUT2D eigenvalue weighted by Crippen LogP contribution is -2.52. The zero-order valence-electron chi connectivity index (χ0n) is 25.1. The number of aryl methyl sites for hydroxylation is 2. The zero-order chi connectivity index (χ0) is 30.9. The van der Waals surface area contributed by atoms with Crippen LogP contribution >= 0.6 is 0 Å². The van der Waals surface area contributed by atoms with Crippen molar-refractivity contribution in [1.82, 2.24) is 10.2 Å². The summed E-state index contributed by atoms with van der Waals surface area (Å²) in [4.78, 5) is 29.0. The van der Waals surface area contributed by atoms with Gasteiger partial charge in [0.2, 0.25) is 21.8 Å². The normalized spacial score (nSPS) is 12.8. The summed E-state index contributed by atoms with van der Waals surface area (Å²) in [5, 5.41) is 3.03. The van der Waals surface area contributed by atoms with E-state index in [2.05, 4.69) is 5.32 Å². The van der Waals surface area contributed by atoms with E-state index in [0.717, 1.165) is 29.4 Å². The first-order valence-corrected chi connectivity index (χ1v) is 16.2. The van der Waals surface area contributed by atoms with Gasteiger partial charge in [-0.2, -0.15) is 0 Å². The molecule has 2 amide bonds. The summed E-state index contributed by atoms with van der Waals surface area (Å²) in [5.41, 5.74) is 4.16. The van der Waals surface area contributed by atoms with Crippen LogP contribution in [-0.4, -0.2) is 50.0 Å². The molecule has 0 radical (unpaired) electrons. The second-order valence-electron chi connectivity index (χ2n) is 10.9. The van der Waals surface area contributed by atoms with Crippen molar-refractivity contribution >= 4 is 27.5 Å². The number of halogens is 1. The molecule has 2 atom stereocenters. The Labute approximate surface area is 249 Å².